The second-order valence-corrected chi connectivity index (χ2v) is 4.64. The standard InChI is InChI=1S/C15H17FN2O4/c1-17-14(21)13(4-3-7-19)18(2)15(22)12-6-5-11(16)8-10(12)9-20/h5-9,13H,3-4H2,1-2H3,(H,17,21). The van der Waals surface area contributed by atoms with Crippen LogP contribution in [-0.2, 0) is 9.59 Å². The molecule has 0 bridgehead atoms. The van der Waals surface area contributed by atoms with E-state index in [0.717, 1.165) is 17.0 Å². The lowest BCUT2D eigenvalue weighted by Gasteiger charge is -2.26. The summed E-state index contributed by atoms with van der Waals surface area (Å²) in [5, 5.41) is 2.42. The van der Waals surface area contributed by atoms with Crippen LogP contribution in [0.2, 0.25) is 0 Å². The number of rotatable bonds is 7. The van der Waals surface area contributed by atoms with Gasteiger partial charge in [-0.1, -0.05) is 0 Å². The number of aldehydes is 2. The molecule has 0 aliphatic carbocycles. The minimum absolute atomic E-state index is 0.00101. The first-order valence-electron chi connectivity index (χ1n) is 6.63. The highest BCUT2D eigenvalue weighted by Crippen LogP contribution is 2.15. The number of halogens is 1. The largest absolute Gasteiger partial charge is 0.357 e. The molecule has 7 heteroatoms. The molecule has 1 aromatic rings. The molecule has 0 saturated heterocycles. The van der Waals surface area contributed by atoms with Crippen LogP contribution in [0, 0.1) is 5.82 Å². The quantitative estimate of drug-likeness (QED) is 0.755. The summed E-state index contributed by atoms with van der Waals surface area (Å²) < 4.78 is 13.1. The van der Waals surface area contributed by atoms with E-state index < -0.39 is 23.7 Å². The Morgan fingerprint density at radius 1 is 1.36 bits per heavy atom. The van der Waals surface area contributed by atoms with Crippen molar-refractivity contribution in [2.24, 2.45) is 0 Å². The van der Waals surface area contributed by atoms with Crippen LogP contribution in [0.4, 0.5) is 4.39 Å². The van der Waals surface area contributed by atoms with Gasteiger partial charge in [-0.25, -0.2) is 4.39 Å². The highest BCUT2D eigenvalue weighted by Gasteiger charge is 2.27. The molecule has 0 spiro atoms. The molecule has 1 N–H and O–H groups in total. The van der Waals surface area contributed by atoms with Crippen LogP contribution in [-0.4, -0.2) is 49.4 Å². The van der Waals surface area contributed by atoms with Gasteiger partial charge in [0.05, 0.1) is 5.56 Å². The molecule has 0 fully saturated rings. The van der Waals surface area contributed by atoms with Crippen LogP contribution in [0.15, 0.2) is 18.2 Å². The lowest BCUT2D eigenvalue weighted by Crippen LogP contribution is -2.47. The number of nitrogens with one attached hydrogen (secondary N) is 1. The molecule has 2 amide bonds. The zero-order valence-electron chi connectivity index (χ0n) is 12.3. The van der Waals surface area contributed by atoms with Gasteiger partial charge in [-0.05, 0) is 24.6 Å². The van der Waals surface area contributed by atoms with E-state index in [1.54, 1.807) is 0 Å². The number of likely N-dealkylation sites (N-methyl/N-ethyl adjacent to an activating group) is 2. The van der Waals surface area contributed by atoms with Crippen LogP contribution < -0.4 is 5.32 Å². The normalized spacial score (nSPS) is 11.4. The summed E-state index contributed by atoms with van der Waals surface area (Å²) in [6.45, 7) is 0. The van der Waals surface area contributed by atoms with Gasteiger partial charge in [0.1, 0.15) is 18.1 Å². The van der Waals surface area contributed by atoms with Crippen molar-refractivity contribution in [2.45, 2.75) is 18.9 Å². The van der Waals surface area contributed by atoms with Gasteiger partial charge in [0.2, 0.25) is 5.91 Å². The molecule has 1 atom stereocenters. The fourth-order valence-electron chi connectivity index (χ4n) is 2.05. The zero-order chi connectivity index (χ0) is 16.7. The van der Waals surface area contributed by atoms with Gasteiger partial charge in [-0.2, -0.15) is 0 Å². The minimum atomic E-state index is -0.854. The summed E-state index contributed by atoms with van der Waals surface area (Å²) in [5.41, 5.74) is -0.0956. The Balaban J connectivity index is 3.10. The van der Waals surface area contributed by atoms with E-state index in [1.807, 2.05) is 0 Å². The summed E-state index contributed by atoms with van der Waals surface area (Å²) in [4.78, 5) is 46.9. The number of carbonyl (C=O) groups is 4. The Morgan fingerprint density at radius 2 is 2.05 bits per heavy atom. The van der Waals surface area contributed by atoms with Crippen molar-refractivity contribution in [2.75, 3.05) is 14.1 Å². The monoisotopic (exact) mass is 308 g/mol. The van der Waals surface area contributed by atoms with Crippen LogP contribution in [0.3, 0.4) is 0 Å². The molecule has 0 radical (unpaired) electrons. The molecule has 6 nitrogen and oxygen atoms in total. The number of hydrogen-bond donors (Lipinski definition) is 1. The Labute approximate surface area is 127 Å². The number of benzene rings is 1. The molecule has 0 aliphatic heterocycles. The average molecular weight is 308 g/mol. The van der Waals surface area contributed by atoms with E-state index in [0.29, 0.717) is 12.6 Å². The van der Waals surface area contributed by atoms with E-state index in [-0.39, 0.29) is 24.0 Å². The maximum Gasteiger partial charge on any atom is 0.255 e. The maximum atomic E-state index is 13.1. The van der Waals surface area contributed by atoms with E-state index in [4.69, 9.17) is 0 Å². The molecular formula is C15H17FN2O4. The Morgan fingerprint density at radius 3 is 2.59 bits per heavy atom. The maximum absolute atomic E-state index is 13.1. The Kier molecular flexibility index (Phi) is 6.37. The second kappa shape index (κ2) is 8.02. The Hall–Kier alpha value is -2.57. The first-order valence-corrected chi connectivity index (χ1v) is 6.63. The number of nitrogens with zero attached hydrogens (tertiary/aromatic N) is 1. The lowest BCUT2D eigenvalue weighted by molar-refractivity contribution is -0.125. The third-order valence-corrected chi connectivity index (χ3v) is 3.27. The summed E-state index contributed by atoms with van der Waals surface area (Å²) in [7, 11) is 2.81. The van der Waals surface area contributed by atoms with Gasteiger partial charge in [0, 0.05) is 26.1 Å². The van der Waals surface area contributed by atoms with Crippen molar-refractivity contribution in [1.29, 1.82) is 0 Å². The highest BCUT2D eigenvalue weighted by atomic mass is 19.1. The van der Waals surface area contributed by atoms with Gasteiger partial charge in [0.25, 0.3) is 5.91 Å². The van der Waals surface area contributed by atoms with Crippen molar-refractivity contribution in [3.8, 4) is 0 Å². The predicted octanol–water partition coefficient (Wildman–Crippen LogP) is 0.804. The van der Waals surface area contributed by atoms with E-state index in [2.05, 4.69) is 5.32 Å². The molecular weight excluding hydrogens is 291 g/mol. The molecule has 1 rings (SSSR count). The molecule has 0 aromatic heterocycles. The molecule has 118 valence electrons. The van der Waals surface area contributed by atoms with Crippen LogP contribution in [0.5, 0.6) is 0 Å². The fourth-order valence-corrected chi connectivity index (χ4v) is 2.05. The van der Waals surface area contributed by atoms with Crippen molar-refractivity contribution in [3.05, 3.63) is 35.1 Å². The number of hydrogen-bond acceptors (Lipinski definition) is 4. The summed E-state index contributed by atoms with van der Waals surface area (Å²) in [5.74, 6) is -1.65. The first-order chi connectivity index (χ1) is 10.5. The molecule has 0 aliphatic rings. The molecule has 1 aromatic carbocycles. The average Bonchev–Trinajstić information content (AvgIpc) is 2.53. The van der Waals surface area contributed by atoms with Crippen LogP contribution >= 0.6 is 0 Å². The van der Waals surface area contributed by atoms with Gasteiger partial charge in [0.15, 0.2) is 6.29 Å². The van der Waals surface area contributed by atoms with Gasteiger partial charge >= 0.3 is 0 Å². The lowest BCUT2D eigenvalue weighted by atomic mass is 10.0. The molecule has 0 saturated carbocycles. The smallest absolute Gasteiger partial charge is 0.255 e. The number of amides is 2. The SMILES string of the molecule is CNC(=O)C(CCC=O)N(C)C(=O)c1ccc(F)cc1C=O. The topological polar surface area (TPSA) is 83.6 Å². The van der Waals surface area contributed by atoms with Crippen LogP contribution in [0.1, 0.15) is 33.6 Å². The zero-order valence-corrected chi connectivity index (χ0v) is 12.3. The third-order valence-electron chi connectivity index (χ3n) is 3.27. The van der Waals surface area contributed by atoms with Crippen molar-refractivity contribution >= 4 is 24.4 Å². The van der Waals surface area contributed by atoms with Gasteiger partial charge in [-0.15, -0.1) is 0 Å². The van der Waals surface area contributed by atoms with Crippen molar-refractivity contribution < 1.29 is 23.6 Å². The van der Waals surface area contributed by atoms with E-state index in [1.165, 1.54) is 20.2 Å². The van der Waals surface area contributed by atoms with Crippen molar-refractivity contribution in [1.82, 2.24) is 10.2 Å². The molecule has 22 heavy (non-hydrogen) atoms. The molecule has 1 unspecified atom stereocenters. The van der Waals surface area contributed by atoms with Gasteiger partial charge in [-0.3, -0.25) is 14.4 Å². The summed E-state index contributed by atoms with van der Waals surface area (Å²) >= 11 is 0. The Bertz CT molecular complexity index is 589. The predicted molar refractivity (Wildman–Crippen MR) is 77.0 cm³/mol. The summed E-state index contributed by atoms with van der Waals surface area (Å²) in [6, 6.07) is 2.36. The van der Waals surface area contributed by atoms with Crippen LogP contribution in [0.25, 0.3) is 0 Å². The number of carbonyl (C=O) groups excluding carboxylic acids is 4. The highest BCUT2D eigenvalue weighted by molar-refractivity contribution is 6.03. The molecule has 0 heterocycles. The van der Waals surface area contributed by atoms with Gasteiger partial charge < -0.3 is 15.0 Å². The third kappa shape index (κ3) is 3.97. The second-order valence-electron chi connectivity index (χ2n) is 4.64. The minimum Gasteiger partial charge on any atom is -0.357 e. The fraction of sp³-hybridized carbons (Fsp3) is 0.333. The van der Waals surface area contributed by atoms with E-state index in [9.17, 15) is 23.6 Å². The summed E-state index contributed by atoms with van der Waals surface area (Å²) in [6.07, 6.45) is 1.30. The van der Waals surface area contributed by atoms with Crippen molar-refractivity contribution in [3.63, 3.8) is 0 Å². The van der Waals surface area contributed by atoms with E-state index >= 15 is 0 Å². The first kappa shape index (κ1) is 17.5.